The molecule has 1 N–H and O–H groups in total. The Morgan fingerprint density at radius 2 is 2.00 bits per heavy atom. The Morgan fingerprint density at radius 1 is 1.38 bits per heavy atom. The molecule has 122 valence electrons. The number of fused-ring (bicyclic) bond motifs is 1. The average molecular weight is 303 g/mol. The van der Waals surface area contributed by atoms with Gasteiger partial charge in [-0.05, 0) is 20.8 Å². The topological polar surface area (TPSA) is 77.5 Å². The highest BCUT2D eigenvalue weighted by molar-refractivity contribution is 5.69. The fourth-order valence-corrected chi connectivity index (χ4v) is 3.03. The third-order valence-corrected chi connectivity index (χ3v) is 4.02. The molecule has 3 atom stereocenters. The van der Waals surface area contributed by atoms with Crippen molar-refractivity contribution in [2.45, 2.75) is 44.3 Å². The van der Waals surface area contributed by atoms with Crippen LogP contribution in [-0.2, 0) is 18.9 Å². The minimum Gasteiger partial charge on any atom is -0.444 e. The van der Waals surface area contributed by atoms with Gasteiger partial charge in [0.15, 0.2) is 0 Å². The summed E-state index contributed by atoms with van der Waals surface area (Å²) in [6.07, 6.45) is -0.764. The first-order valence-electron chi connectivity index (χ1n) is 7.10. The predicted octanol–water partition coefficient (Wildman–Crippen LogP) is 0.602. The van der Waals surface area contributed by atoms with E-state index in [4.69, 9.17) is 18.9 Å². The van der Waals surface area contributed by atoms with Crippen molar-refractivity contribution >= 4 is 6.09 Å². The number of methoxy groups -OCH3 is 2. The van der Waals surface area contributed by atoms with E-state index in [0.29, 0.717) is 6.54 Å². The SMILES string of the molecule is COC1(OC)CO[C@@H]2[C@H](CO)CN(C(=O)OC(C)(C)C)[C@@H]21. The first-order valence-corrected chi connectivity index (χ1v) is 7.10. The van der Waals surface area contributed by atoms with Gasteiger partial charge in [0, 0.05) is 26.7 Å². The molecule has 0 aliphatic carbocycles. The number of ether oxygens (including phenoxy) is 4. The molecule has 2 fully saturated rings. The summed E-state index contributed by atoms with van der Waals surface area (Å²) in [6, 6.07) is -0.431. The van der Waals surface area contributed by atoms with Gasteiger partial charge in [0.25, 0.3) is 0 Å². The maximum Gasteiger partial charge on any atom is 0.410 e. The summed E-state index contributed by atoms with van der Waals surface area (Å²) in [7, 11) is 3.05. The van der Waals surface area contributed by atoms with Gasteiger partial charge in [0.05, 0.1) is 12.7 Å². The van der Waals surface area contributed by atoms with Crippen LogP contribution in [0.2, 0.25) is 0 Å². The van der Waals surface area contributed by atoms with E-state index in [9.17, 15) is 9.90 Å². The summed E-state index contributed by atoms with van der Waals surface area (Å²) in [6.45, 7) is 5.94. The second kappa shape index (κ2) is 5.72. The molecule has 2 heterocycles. The molecule has 0 aromatic rings. The van der Waals surface area contributed by atoms with Crippen molar-refractivity contribution in [3.8, 4) is 0 Å². The first kappa shape index (κ1) is 16.5. The highest BCUT2D eigenvalue weighted by atomic mass is 16.7. The lowest BCUT2D eigenvalue weighted by Crippen LogP contribution is -2.55. The number of carbonyl (C=O) groups is 1. The van der Waals surface area contributed by atoms with Gasteiger partial charge in [0.1, 0.15) is 18.2 Å². The molecule has 2 rings (SSSR count). The summed E-state index contributed by atoms with van der Waals surface area (Å²) in [5, 5.41) is 9.52. The Bertz CT molecular complexity index is 389. The van der Waals surface area contributed by atoms with Crippen molar-refractivity contribution in [3.63, 3.8) is 0 Å². The third-order valence-electron chi connectivity index (χ3n) is 4.02. The number of aliphatic hydroxyl groups excluding tert-OH is 1. The molecule has 7 nitrogen and oxygen atoms in total. The molecule has 7 heteroatoms. The van der Waals surface area contributed by atoms with Gasteiger partial charge in [-0.1, -0.05) is 0 Å². The minimum atomic E-state index is -1.02. The van der Waals surface area contributed by atoms with Crippen LogP contribution in [0.15, 0.2) is 0 Å². The molecule has 2 saturated heterocycles. The second-order valence-corrected chi connectivity index (χ2v) is 6.52. The normalized spacial score (nSPS) is 31.3. The fraction of sp³-hybridized carbons (Fsp3) is 0.929. The van der Waals surface area contributed by atoms with Crippen molar-refractivity contribution in [2.75, 3.05) is 34.0 Å². The number of rotatable bonds is 3. The number of hydrogen-bond acceptors (Lipinski definition) is 6. The van der Waals surface area contributed by atoms with Gasteiger partial charge >= 0.3 is 6.09 Å². The fourth-order valence-electron chi connectivity index (χ4n) is 3.03. The van der Waals surface area contributed by atoms with Crippen molar-refractivity contribution in [1.82, 2.24) is 4.90 Å². The van der Waals surface area contributed by atoms with Crippen LogP contribution in [0.4, 0.5) is 4.79 Å². The molecule has 1 amide bonds. The maximum atomic E-state index is 12.4. The quantitative estimate of drug-likeness (QED) is 0.770. The van der Waals surface area contributed by atoms with Crippen LogP contribution in [0.25, 0.3) is 0 Å². The van der Waals surface area contributed by atoms with Crippen molar-refractivity contribution in [2.24, 2.45) is 5.92 Å². The third kappa shape index (κ3) is 2.88. The Labute approximate surface area is 125 Å². The largest absolute Gasteiger partial charge is 0.444 e. The molecule has 0 spiro atoms. The summed E-state index contributed by atoms with van der Waals surface area (Å²) in [5.74, 6) is -1.19. The van der Waals surface area contributed by atoms with Gasteiger partial charge in [-0.2, -0.15) is 0 Å². The predicted molar refractivity (Wildman–Crippen MR) is 73.8 cm³/mol. The molecule has 2 aliphatic rings. The number of likely N-dealkylation sites (tertiary alicyclic amines) is 1. The van der Waals surface area contributed by atoms with Crippen LogP contribution in [0.3, 0.4) is 0 Å². The second-order valence-electron chi connectivity index (χ2n) is 6.52. The van der Waals surface area contributed by atoms with Crippen molar-refractivity contribution < 1.29 is 28.8 Å². The highest BCUT2D eigenvalue weighted by Gasteiger charge is 2.61. The zero-order chi connectivity index (χ0) is 15.8. The Hall–Kier alpha value is -0.890. The van der Waals surface area contributed by atoms with Crippen LogP contribution in [-0.4, -0.2) is 73.6 Å². The molecule has 0 bridgehead atoms. The van der Waals surface area contributed by atoms with E-state index >= 15 is 0 Å². The van der Waals surface area contributed by atoms with E-state index in [2.05, 4.69) is 0 Å². The highest BCUT2D eigenvalue weighted by Crippen LogP contribution is 2.41. The standard InChI is InChI=1S/C14H25NO6/c1-13(2,3)21-12(17)15-6-9(7-16)10-11(15)14(18-4,19-5)8-20-10/h9-11,16H,6-8H2,1-5H3/t9-,10+,11-/m0/s1. The van der Waals surface area contributed by atoms with Crippen LogP contribution < -0.4 is 0 Å². The molecule has 0 aromatic carbocycles. The lowest BCUT2D eigenvalue weighted by Gasteiger charge is -2.36. The van der Waals surface area contributed by atoms with E-state index in [0.717, 1.165) is 0 Å². The minimum absolute atomic E-state index is 0.0655. The van der Waals surface area contributed by atoms with E-state index < -0.39 is 23.5 Å². The maximum absolute atomic E-state index is 12.4. The summed E-state index contributed by atoms with van der Waals surface area (Å²) < 4.78 is 22.1. The van der Waals surface area contributed by atoms with Gasteiger partial charge in [0.2, 0.25) is 5.79 Å². The number of amides is 1. The molecule has 0 saturated carbocycles. The van der Waals surface area contributed by atoms with E-state index in [1.807, 2.05) is 20.8 Å². The van der Waals surface area contributed by atoms with Crippen molar-refractivity contribution in [3.05, 3.63) is 0 Å². The van der Waals surface area contributed by atoms with Gasteiger partial charge in [-0.3, -0.25) is 4.90 Å². The lowest BCUT2D eigenvalue weighted by molar-refractivity contribution is -0.224. The molecule has 21 heavy (non-hydrogen) atoms. The monoisotopic (exact) mass is 303 g/mol. The van der Waals surface area contributed by atoms with Gasteiger partial charge in [-0.25, -0.2) is 4.79 Å². The van der Waals surface area contributed by atoms with Gasteiger partial charge < -0.3 is 24.1 Å². The van der Waals surface area contributed by atoms with Gasteiger partial charge in [-0.15, -0.1) is 0 Å². The smallest absolute Gasteiger partial charge is 0.410 e. The number of carbonyl (C=O) groups excluding carboxylic acids is 1. The first-order chi connectivity index (χ1) is 9.78. The molecule has 2 aliphatic heterocycles. The zero-order valence-electron chi connectivity index (χ0n) is 13.3. The molecular weight excluding hydrogens is 278 g/mol. The molecule has 0 aromatic heterocycles. The Kier molecular flexibility index (Phi) is 4.49. The number of hydrogen-bond donors (Lipinski definition) is 1. The molecule has 0 unspecified atom stereocenters. The van der Waals surface area contributed by atoms with Crippen LogP contribution in [0.5, 0.6) is 0 Å². The Morgan fingerprint density at radius 3 is 2.48 bits per heavy atom. The van der Waals surface area contributed by atoms with E-state index in [1.54, 1.807) is 4.90 Å². The van der Waals surface area contributed by atoms with Crippen LogP contribution >= 0.6 is 0 Å². The summed E-state index contributed by atoms with van der Waals surface area (Å²) in [5.41, 5.74) is -0.591. The Balaban J connectivity index is 2.26. The average Bonchev–Trinajstić information content (AvgIpc) is 2.94. The molecule has 0 radical (unpaired) electrons. The summed E-state index contributed by atoms with van der Waals surface area (Å²) >= 11 is 0. The van der Waals surface area contributed by atoms with Crippen LogP contribution in [0.1, 0.15) is 20.8 Å². The number of nitrogens with zero attached hydrogens (tertiary/aromatic N) is 1. The molecular formula is C14H25NO6. The van der Waals surface area contributed by atoms with E-state index in [-0.39, 0.29) is 25.2 Å². The van der Waals surface area contributed by atoms with E-state index in [1.165, 1.54) is 14.2 Å². The zero-order valence-corrected chi connectivity index (χ0v) is 13.3. The number of aliphatic hydroxyl groups is 1. The summed E-state index contributed by atoms with van der Waals surface area (Å²) in [4.78, 5) is 14.0. The van der Waals surface area contributed by atoms with Crippen molar-refractivity contribution in [1.29, 1.82) is 0 Å². The van der Waals surface area contributed by atoms with Crippen LogP contribution in [0, 0.1) is 5.92 Å². The lowest BCUT2D eigenvalue weighted by atomic mass is 9.99.